The smallest absolute Gasteiger partial charge is 0.356 e. The lowest BCUT2D eigenvalue weighted by atomic mass is 10.3. The average Bonchev–Trinajstić information content (AvgIpc) is 2.82. The SMILES string of the molecule is Cc1ccc(NS(=O)(=O)c2scnc2C(=O)O)c(C)n1. The van der Waals surface area contributed by atoms with Gasteiger partial charge in [0.15, 0.2) is 9.90 Å². The fraction of sp³-hybridized carbons (Fsp3) is 0.182. The molecule has 0 amide bonds. The molecule has 0 fully saturated rings. The van der Waals surface area contributed by atoms with Crippen LogP contribution in [0.1, 0.15) is 21.9 Å². The van der Waals surface area contributed by atoms with Crippen LogP contribution < -0.4 is 4.72 Å². The Balaban J connectivity index is 2.41. The van der Waals surface area contributed by atoms with Gasteiger partial charge in [0.1, 0.15) is 0 Å². The minimum Gasteiger partial charge on any atom is -0.476 e. The summed E-state index contributed by atoms with van der Waals surface area (Å²) in [5, 5.41) is 8.91. The Labute approximate surface area is 119 Å². The summed E-state index contributed by atoms with van der Waals surface area (Å²) in [7, 11) is -4.00. The first-order chi connectivity index (χ1) is 9.31. The van der Waals surface area contributed by atoms with Crippen LogP contribution in [0.5, 0.6) is 0 Å². The van der Waals surface area contributed by atoms with Crippen molar-refractivity contribution in [3.63, 3.8) is 0 Å². The van der Waals surface area contributed by atoms with Crippen molar-refractivity contribution in [1.82, 2.24) is 9.97 Å². The number of hydrogen-bond donors (Lipinski definition) is 2. The normalized spacial score (nSPS) is 11.3. The number of thiazole rings is 1. The van der Waals surface area contributed by atoms with Gasteiger partial charge in [-0.3, -0.25) is 9.71 Å². The fourth-order valence-electron chi connectivity index (χ4n) is 1.55. The molecule has 0 atom stereocenters. The van der Waals surface area contributed by atoms with Crippen LogP contribution in [-0.2, 0) is 10.0 Å². The van der Waals surface area contributed by atoms with Crippen molar-refractivity contribution < 1.29 is 18.3 Å². The first-order valence-corrected chi connectivity index (χ1v) is 7.81. The van der Waals surface area contributed by atoms with Gasteiger partial charge in [-0.05, 0) is 26.0 Å². The monoisotopic (exact) mass is 313 g/mol. The highest BCUT2D eigenvalue weighted by Gasteiger charge is 2.26. The van der Waals surface area contributed by atoms with Crippen LogP contribution >= 0.6 is 11.3 Å². The molecule has 0 bridgehead atoms. The Morgan fingerprint density at radius 1 is 1.35 bits per heavy atom. The Morgan fingerprint density at radius 3 is 2.65 bits per heavy atom. The van der Waals surface area contributed by atoms with Gasteiger partial charge in [-0.1, -0.05) is 0 Å². The van der Waals surface area contributed by atoms with E-state index < -0.39 is 21.7 Å². The lowest BCUT2D eigenvalue weighted by molar-refractivity contribution is 0.0687. The fourth-order valence-corrected chi connectivity index (χ4v) is 3.81. The number of aromatic carboxylic acids is 1. The number of sulfonamides is 1. The number of aromatic nitrogens is 2. The minimum absolute atomic E-state index is 0.306. The summed E-state index contributed by atoms with van der Waals surface area (Å²) >= 11 is 0.750. The van der Waals surface area contributed by atoms with Crippen LogP contribution in [0.2, 0.25) is 0 Å². The average molecular weight is 313 g/mol. The van der Waals surface area contributed by atoms with Crippen molar-refractivity contribution in [3.05, 3.63) is 34.7 Å². The summed E-state index contributed by atoms with van der Waals surface area (Å²) in [6, 6.07) is 3.24. The maximum absolute atomic E-state index is 12.2. The number of pyridine rings is 1. The van der Waals surface area contributed by atoms with Gasteiger partial charge in [0.25, 0.3) is 10.0 Å². The molecule has 106 valence electrons. The van der Waals surface area contributed by atoms with E-state index in [2.05, 4.69) is 14.7 Å². The molecular formula is C11H11N3O4S2. The third kappa shape index (κ3) is 2.78. The molecule has 0 unspecified atom stereocenters. The van der Waals surface area contributed by atoms with E-state index in [1.54, 1.807) is 26.0 Å². The lowest BCUT2D eigenvalue weighted by Crippen LogP contribution is -2.16. The second-order valence-electron chi connectivity index (χ2n) is 3.98. The summed E-state index contributed by atoms with van der Waals surface area (Å²) in [6.45, 7) is 3.45. The van der Waals surface area contributed by atoms with Crippen LogP contribution in [0.3, 0.4) is 0 Å². The van der Waals surface area contributed by atoms with Crippen molar-refractivity contribution in [1.29, 1.82) is 0 Å². The molecule has 20 heavy (non-hydrogen) atoms. The van der Waals surface area contributed by atoms with Gasteiger partial charge >= 0.3 is 5.97 Å². The molecule has 0 aromatic carbocycles. The molecule has 2 aromatic rings. The van der Waals surface area contributed by atoms with Crippen LogP contribution in [0, 0.1) is 13.8 Å². The number of hydrogen-bond acceptors (Lipinski definition) is 6. The maximum atomic E-state index is 12.2. The van der Waals surface area contributed by atoms with Crippen LogP contribution in [0.15, 0.2) is 21.9 Å². The second kappa shape index (κ2) is 5.17. The number of aryl methyl sites for hydroxylation is 2. The highest BCUT2D eigenvalue weighted by molar-refractivity contribution is 7.94. The van der Waals surface area contributed by atoms with Gasteiger partial charge in [-0.25, -0.2) is 18.2 Å². The Kier molecular flexibility index (Phi) is 3.73. The van der Waals surface area contributed by atoms with E-state index in [4.69, 9.17) is 5.11 Å². The minimum atomic E-state index is -4.00. The molecule has 0 saturated heterocycles. The highest BCUT2D eigenvalue weighted by Crippen LogP contribution is 2.24. The molecule has 0 saturated carbocycles. The topological polar surface area (TPSA) is 109 Å². The third-order valence-electron chi connectivity index (χ3n) is 2.45. The van der Waals surface area contributed by atoms with Gasteiger partial charge in [-0.2, -0.15) is 0 Å². The molecule has 0 radical (unpaired) electrons. The second-order valence-corrected chi connectivity index (χ2v) is 6.72. The summed E-state index contributed by atoms with van der Waals surface area (Å²) in [5.41, 5.74) is 2.27. The van der Waals surface area contributed by atoms with Crippen molar-refractivity contribution in [2.45, 2.75) is 18.1 Å². The maximum Gasteiger partial charge on any atom is 0.356 e. The predicted molar refractivity (Wildman–Crippen MR) is 73.6 cm³/mol. The zero-order valence-corrected chi connectivity index (χ0v) is 12.2. The van der Waals surface area contributed by atoms with Gasteiger partial charge in [-0.15, -0.1) is 11.3 Å². The van der Waals surface area contributed by atoms with Crippen molar-refractivity contribution in [3.8, 4) is 0 Å². The van der Waals surface area contributed by atoms with Crippen LogP contribution in [0.4, 0.5) is 5.69 Å². The molecule has 0 aliphatic heterocycles. The van der Waals surface area contributed by atoms with Gasteiger partial charge in [0, 0.05) is 5.69 Å². The van der Waals surface area contributed by atoms with E-state index in [0.29, 0.717) is 11.4 Å². The van der Waals surface area contributed by atoms with Crippen molar-refractivity contribution in [2.75, 3.05) is 4.72 Å². The lowest BCUT2D eigenvalue weighted by Gasteiger charge is -2.09. The van der Waals surface area contributed by atoms with E-state index in [-0.39, 0.29) is 4.21 Å². The molecule has 9 heteroatoms. The van der Waals surface area contributed by atoms with Crippen LogP contribution in [-0.4, -0.2) is 29.5 Å². The molecule has 0 spiro atoms. The molecule has 2 N–H and O–H groups in total. The number of nitrogens with one attached hydrogen (secondary N) is 1. The highest BCUT2D eigenvalue weighted by atomic mass is 32.2. The van der Waals surface area contributed by atoms with Crippen molar-refractivity contribution >= 4 is 33.0 Å². The van der Waals surface area contributed by atoms with E-state index in [9.17, 15) is 13.2 Å². The summed E-state index contributed by atoms with van der Waals surface area (Å²) in [4.78, 5) is 18.6. The van der Waals surface area contributed by atoms with Gasteiger partial charge in [0.2, 0.25) is 0 Å². The number of carbonyl (C=O) groups is 1. The van der Waals surface area contributed by atoms with Gasteiger partial charge in [0.05, 0.1) is 16.9 Å². The zero-order valence-electron chi connectivity index (χ0n) is 10.6. The first kappa shape index (κ1) is 14.4. The molecule has 0 aliphatic carbocycles. The Hall–Kier alpha value is -2.00. The quantitative estimate of drug-likeness (QED) is 0.888. The number of anilines is 1. The molecule has 7 nitrogen and oxygen atoms in total. The predicted octanol–water partition coefficient (Wildman–Crippen LogP) is 1.65. The molecular weight excluding hydrogens is 302 g/mol. The molecule has 0 aliphatic rings. The summed E-state index contributed by atoms with van der Waals surface area (Å²) in [6.07, 6.45) is 0. The third-order valence-corrected chi connectivity index (χ3v) is 5.19. The van der Waals surface area contributed by atoms with E-state index in [0.717, 1.165) is 17.0 Å². The van der Waals surface area contributed by atoms with Gasteiger partial charge < -0.3 is 5.11 Å². The number of carboxylic acid groups (broad SMARTS) is 1. The van der Waals surface area contributed by atoms with E-state index >= 15 is 0 Å². The van der Waals surface area contributed by atoms with Crippen molar-refractivity contribution in [2.24, 2.45) is 0 Å². The zero-order chi connectivity index (χ0) is 14.9. The number of nitrogens with zero attached hydrogens (tertiary/aromatic N) is 2. The Bertz CT molecular complexity index is 768. The van der Waals surface area contributed by atoms with Crippen LogP contribution in [0.25, 0.3) is 0 Å². The number of carboxylic acids is 1. The van der Waals surface area contributed by atoms with E-state index in [1.165, 1.54) is 5.51 Å². The molecule has 2 aromatic heterocycles. The summed E-state index contributed by atoms with van der Waals surface area (Å²) in [5.74, 6) is -1.38. The molecule has 2 heterocycles. The largest absolute Gasteiger partial charge is 0.476 e. The van der Waals surface area contributed by atoms with E-state index in [1.807, 2.05) is 0 Å². The number of rotatable bonds is 4. The Morgan fingerprint density at radius 2 is 2.05 bits per heavy atom. The standard InChI is InChI=1S/C11H11N3O4S2/c1-6-3-4-8(7(2)13-6)14-20(17,18)11-9(10(15)16)12-5-19-11/h3-5,14H,1-2H3,(H,15,16). The molecule has 2 rings (SSSR count). The summed E-state index contributed by atoms with van der Waals surface area (Å²) < 4.78 is 26.4. The first-order valence-electron chi connectivity index (χ1n) is 5.45.